The van der Waals surface area contributed by atoms with Crippen molar-refractivity contribution in [1.29, 1.82) is 0 Å². The number of amides is 1. The van der Waals surface area contributed by atoms with Crippen molar-refractivity contribution in [2.45, 2.75) is 45.6 Å². The molecule has 5 nitrogen and oxygen atoms in total. The summed E-state index contributed by atoms with van der Waals surface area (Å²) in [6.45, 7) is 5.70. The standard InChI is InChI=1S/C13H20N2O3/c1-8-11(9(2)18-15-8)6-12(16)14-7-13(3,17)10-4-5-10/h10,17H,4-7H2,1-3H3,(H,14,16)/t13-/m1/s1. The summed E-state index contributed by atoms with van der Waals surface area (Å²) >= 11 is 0. The van der Waals surface area contributed by atoms with Gasteiger partial charge in [-0.25, -0.2) is 0 Å². The maximum Gasteiger partial charge on any atom is 0.224 e. The van der Waals surface area contributed by atoms with Gasteiger partial charge in [-0.15, -0.1) is 0 Å². The molecule has 0 spiro atoms. The zero-order valence-electron chi connectivity index (χ0n) is 11.1. The molecule has 1 aliphatic carbocycles. The van der Waals surface area contributed by atoms with Crippen molar-refractivity contribution in [2.24, 2.45) is 5.92 Å². The highest BCUT2D eigenvalue weighted by atomic mass is 16.5. The van der Waals surface area contributed by atoms with Gasteiger partial charge in [0.15, 0.2) is 0 Å². The maximum absolute atomic E-state index is 11.8. The second-order valence-corrected chi connectivity index (χ2v) is 5.39. The van der Waals surface area contributed by atoms with Crippen LogP contribution in [0.15, 0.2) is 4.52 Å². The second-order valence-electron chi connectivity index (χ2n) is 5.39. The lowest BCUT2D eigenvalue weighted by atomic mass is 10.0. The van der Waals surface area contributed by atoms with Gasteiger partial charge in [-0.05, 0) is 39.5 Å². The largest absolute Gasteiger partial charge is 0.388 e. The molecule has 0 saturated heterocycles. The zero-order valence-corrected chi connectivity index (χ0v) is 11.1. The van der Waals surface area contributed by atoms with E-state index in [4.69, 9.17) is 4.52 Å². The molecular formula is C13H20N2O3. The van der Waals surface area contributed by atoms with Gasteiger partial charge in [0.1, 0.15) is 5.76 Å². The number of hydrogen-bond acceptors (Lipinski definition) is 4. The van der Waals surface area contributed by atoms with Gasteiger partial charge < -0.3 is 14.9 Å². The fourth-order valence-electron chi connectivity index (χ4n) is 2.10. The predicted octanol–water partition coefficient (Wildman–Crippen LogP) is 1.11. The number of aliphatic hydroxyl groups is 1. The molecular weight excluding hydrogens is 232 g/mol. The van der Waals surface area contributed by atoms with E-state index in [1.165, 1.54) is 0 Å². The van der Waals surface area contributed by atoms with E-state index in [1.54, 1.807) is 13.8 Å². The number of nitrogens with zero attached hydrogens (tertiary/aromatic N) is 1. The molecule has 0 radical (unpaired) electrons. The van der Waals surface area contributed by atoms with Crippen LogP contribution < -0.4 is 5.32 Å². The van der Waals surface area contributed by atoms with E-state index in [0.717, 1.165) is 24.1 Å². The van der Waals surface area contributed by atoms with Crippen LogP contribution in [0.2, 0.25) is 0 Å². The van der Waals surface area contributed by atoms with Crippen molar-refractivity contribution < 1.29 is 14.4 Å². The molecule has 1 aromatic heterocycles. The Hall–Kier alpha value is -1.36. The number of rotatable bonds is 5. The lowest BCUT2D eigenvalue weighted by Crippen LogP contribution is -2.42. The van der Waals surface area contributed by atoms with E-state index in [1.807, 2.05) is 6.92 Å². The van der Waals surface area contributed by atoms with E-state index >= 15 is 0 Å². The topological polar surface area (TPSA) is 75.4 Å². The van der Waals surface area contributed by atoms with Crippen molar-refractivity contribution in [2.75, 3.05) is 6.54 Å². The number of carbonyl (C=O) groups is 1. The van der Waals surface area contributed by atoms with Crippen LogP contribution in [0.25, 0.3) is 0 Å². The Balaban J connectivity index is 1.85. The van der Waals surface area contributed by atoms with Gasteiger partial charge in [-0.2, -0.15) is 0 Å². The molecule has 0 aromatic carbocycles. The number of hydrogen-bond donors (Lipinski definition) is 2. The summed E-state index contributed by atoms with van der Waals surface area (Å²) in [5.41, 5.74) is 0.796. The first kappa shape index (κ1) is 13.1. The van der Waals surface area contributed by atoms with Gasteiger partial charge in [0.05, 0.1) is 17.7 Å². The Bertz CT molecular complexity index is 428. The van der Waals surface area contributed by atoms with Crippen LogP contribution in [0.4, 0.5) is 0 Å². The second kappa shape index (κ2) is 4.72. The highest BCUT2D eigenvalue weighted by Gasteiger charge is 2.39. The molecule has 1 saturated carbocycles. The molecule has 1 aromatic rings. The molecule has 1 amide bonds. The van der Waals surface area contributed by atoms with Crippen molar-refractivity contribution in [3.8, 4) is 0 Å². The van der Waals surface area contributed by atoms with Crippen LogP contribution in [0, 0.1) is 19.8 Å². The Morgan fingerprint density at radius 1 is 1.56 bits per heavy atom. The van der Waals surface area contributed by atoms with Gasteiger partial charge >= 0.3 is 0 Å². The first-order valence-corrected chi connectivity index (χ1v) is 6.31. The first-order chi connectivity index (χ1) is 8.40. The van der Waals surface area contributed by atoms with Gasteiger partial charge in [0, 0.05) is 12.1 Å². The molecule has 1 heterocycles. The number of carbonyl (C=O) groups excluding carboxylic acids is 1. The van der Waals surface area contributed by atoms with Crippen LogP contribution in [0.3, 0.4) is 0 Å². The minimum absolute atomic E-state index is 0.106. The third-order valence-electron chi connectivity index (χ3n) is 3.62. The third kappa shape index (κ3) is 2.90. The summed E-state index contributed by atoms with van der Waals surface area (Å²) in [6.07, 6.45) is 2.35. The van der Waals surface area contributed by atoms with Crippen LogP contribution in [-0.4, -0.2) is 28.3 Å². The predicted molar refractivity (Wildman–Crippen MR) is 66.0 cm³/mol. The molecule has 2 N–H and O–H groups in total. The monoisotopic (exact) mass is 252 g/mol. The number of aromatic nitrogens is 1. The summed E-state index contributed by atoms with van der Waals surface area (Å²) in [5.74, 6) is 0.902. The summed E-state index contributed by atoms with van der Waals surface area (Å²) in [5, 5.41) is 16.7. The smallest absolute Gasteiger partial charge is 0.224 e. The Morgan fingerprint density at radius 2 is 2.22 bits per heavy atom. The summed E-state index contributed by atoms with van der Waals surface area (Å²) in [4.78, 5) is 11.8. The molecule has 5 heteroatoms. The molecule has 1 atom stereocenters. The lowest BCUT2D eigenvalue weighted by Gasteiger charge is -2.23. The molecule has 1 aliphatic rings. The highest BCUT2D eigenvalue weighted by molar-refractivity contribution is 5.79. The quantitative estimate of drug-likeness (QED) is 0.823. The van der Waals surface area contributed by atoms with E-state index in [2.05, 4.69) is 10.5 Å². The average molecular weight is 252 g/mol. The maximum atomic E-state index is 11.8. The fraction of sp³-hybridized carbons (Fsp3) is 0.692. The van der Waals surface area contributed by atoms with Gasteiger partial charge in [0.2, 0.25) is 5.91 Å². The molecule has 1 fully saturated rings. The highest BCUT2D eigenvalue weighted by Crippen LogP contribution is 2.38. The van der Waals surface area contributed by atoms with Gasteiger partial charge in [0.25, 0.3) is 0 Å². The van der Waals surface area contributed by atoms with Crippen LogP contribution in [-0.2, 0) is 11.2 Å². The Kier molecular flexibility index (Phi) is 3.43. The molecule has 0 aliphatic heterocycles. The van der Waals surface area contributed by atoms with E-state index < -0.39 is 5.60 Å². The fourth-order valence-corrected chi connectivity index (χ4v) is 2.10. The van der Waals surface area contributed by atoms with Crippen LogP contribution in [0.5, 0.6) is 0 Å². The average Bonchev–Trinajstić information content (AvgIpc) is 3.10. The van der Waals surface area contributed by atoms with E-state index in [9.17, 15) is 9.90 Å². The Morgan fingerprint density at radius 3 is 2.72 bits per heavy atom. The summed E-state index contributed by atoms with van der Waals surface area (Å²) < 4.78 is 5.01. The van der Waals surface area contributed by atoms with Crippen molar-refractivity contribution in [1.82, 2.24) is 10.5 Å². The van der Waals surface area contributed by atoms with Crippen molar-refractivity contribution >= 4 is 5.91 Å². The van der Waals surface area contributed by atoms with Gasteiger partial charge in [-0.3, -0.25) is 4.79 Å². The van der Waals surface area contributed by atoms with Crippen LogP contribution >= 0.6 is 0 Å². The minimum Gasteiger partial charge on any atom is -0.388 e. The van der Waals surface area contributed by atoms with Crippen molar-refractivity contribution in [3.63, 3.8) is 0 Å². The van der Waals surface area contributed by atoms with E-state index in [0.29, 0.717) is 18.2 Å². The molecule has 0 unspecified atom stereocenters. The normalized spacial score (nSPS) is 18.4. The molecule has 100 valence electrons. The lowest BCUT2D eigenvalue weighted by molar-refractivity contribution is -0.121. The Labute approximate surface area is 107 Å². The molecule has 18 heavy (non-hydrogen) atoms. The first-order valence-electron chi connectivity index (χ1n) is 6.31. The third-order valence-corrected chi connectivity index (χ3v) is 3.62. The van der Waals surface area contributed by atoms with Gasteiger partial charge in [-0.1, -0.05) is 5.16 Å². The zero-order chi connectivity index (χ0) is 13.3. The van der Waals surface area contributed by atoms with E-state index in [-0.39, 0.29) is 12.3 Å². The van der Waals surface area contributed by atoms with Crippen LogP contribution in [0.1, 0.15) is 36.8 Å². The molecule has 2 rings (SSSR count). The number of aryl methyl sites for hydroxylation is 2. The SMILES string of the molecule is Cc1noc(C)c1CC(=O)NC[C@@](C)(O)C1CC1. The molecule has 0 bridgehead atoms. The van der Waals surface area contributed by atoms with Crippen molar-refractivity contribution in [3.05, 3.63) is 17.0 Å². The summed E-state index contributed by atoms with van der Waals surface area (Å²) in [7, 11) is 0. The summed E-state index contributed by atoms with van der Waals surface area (Å²) in [6, 6.07) is 0. The number of nitrogens with one attached hydrogen (secondary N) is 1. The minimum atomic E-state index is -0.783.